The van der Waals surface area contributed by atoms with Crippen molar-refractivity contribution in [2.75, 3.05) is 11.1 Å². The van der Waals surface area contributed by atoms with Gasteiger partial charge in [-0.05, 0) is 36.8 Å². The van der Waals surface area contributed by atoms with Crippen molar-refractivity contribution in [3.63, 3.8) is 0 Å². The first-order valence-corrected chi connectivity index (χ1v) is 9.34. The highest BCUT2D eigenvalue weighted by Gasteiger charge is 2.09. The fraction of sp³-hybridized carbons (Fsp3) is 0.222. The smallest absolute Gasteiger partial charge is 0.319 e. The van der Waals surface area contributed by atoms with Gasteiger partial charge in [-0.3, -0.25) is 0 Å². The Balaban J connectivity index is 1.95. The number of nitrogens with zero attached hydrogens (tertiary/aromatic N) is 1. The van der Waals surface area contributed by atoms with E-state index in [1.165, 1.54) is 11.8 Å². The van der Waals surface area contributed by atoms with Crippen LogP contribution in [0, 0.1) is 17.2 Å². The maximum atomic E-state index is 12.2. The van der Waals surface area contributed by atoms with E-state index in [-0.39, 0.29) is 11.9 Å². The van der Waals surface area contributed by atoms with Gasteiger partial charge in [0.15, 0.2) is 0 Å². The molecule has 1 atom stereocenters. The molecule has 1 unspecified atom stereocenters. The average molecular weight is 394 g/mol. The zero-order valence-corrected chi connectivity index (χ0v) is 15.9. The molecule has 0 bridgehead atoms. The fourth-order valence-corrected chi connectivity index (χ4v) is 3.38. The van der Waals surface area contributed by atoms with Crippen molar-refractivity contribution in [3.8, 4) is 6.07 Å². The number of hydrogen-bond acceptors (Lipinski definition) is 3. The number of nitriles is 1. The van der Waals surface area contributed by atoms with E-state index in [4.69, 9.17) is 28.5 Å². The maximum Gasteiger partial charge on any atom is 0.319 e. The van der Waals surface area contributed by atoms with Crippen molar-refractivity contribution in [3.05, 3.63) is 58.1 Å². The third kappa shape index (κ3) is 6.17. The van der Waals surface area contributed by atoms with E-state index >= 15 is 0 Å². The summed E-state index contributed by atoms with van der Waals surface area (Å²) in [6.45, 7) is 2.16. The highest BCUT2D eigenvalue weighted by atomic mass is 35.5. The van der Waals surface area contributed by atoms with E-state index in [1.54, 1.807) is 18.2 Å². The van der Waals surface area contributed by atoms with Crippen molar-refractivity contribution < 1.29 is 4.79 Å². The fourth-order valence-electron chi connectivity index (χ4n) is 1.95. The van der Waals surface area contributed by atoms with Crippen LogP contribution in [-0.4, -0.2) is 11.8 Å². The number of anilines is 1. The lowest BCUT2D eigenvalue weighted by Crippen LogP contribution is -2.28. The van der Waals surface area contributed by atoms with Crippen molar-refractivity contribution in [2.24, 2.45) is 5.92 Å². The Labute approximate surface area is 161 Å². The van der Waals surface area contributed by atoms with Crippen LogP contribution in [0.3, 0.4) is 0 Å². The molecule has 4 nitrogen and oxygen atoms in total. The molecule has 0 aliphatic heterocycles. The zero-order chi connectivity index (χ0) is 18.2. The largest absolute Gasteiger partial charge is 0.334 e. The number of benzene rings is 2. The molecule has 2 rings (SSSR count). The van der Waals surface area contributed by atoms with Gasteiger partial charge in [0.25, 0.3) is 0 Å². The van der Waals surface area contributed by atoms with Crippen LogP contribution in [0.25, 0.3) is 0 Å². The summed E-state index contributed by atoms with van der Waals surface area (Å²) in [6, 6.07) is 14.5. The van der Waals surface area contributed by atoms with Gasteiger partial charge < -0.3 is 10.6 Å². The van der Waals surface area contributed by atoms with E-state index in [0.29, 0.717) is 28.0 Å². The van der Waals surface area contributed by atoms with Crippen LogP contribution >= 0.6 is 35.0 Å². The molecule has 0 aliphatic rings. The number of carbonyl (C=O) groups excluding carboxylic acids is 1. The molecule has 0 fully saturated rings. The topological polar surface area (TPSA) is 64.9 Å². The first-order chi connectivity index (χ1) is 12.0. The number of halogens is 2. The first kappa shape index (κ1) is 19.5. The molecule has 2 amide bonds. The monoisotopic (exact) mass is 393 g/mol. The quantitative estimate of drug-likeness (QED) is 0.630. The molecule has 130 valence electrons. The number of rotatable bonds is 6. The predicted octanol–water partition coefficient (Wildman–Crippen LogP) is 5.57. The second-order valence-corrected chi connectivity index (χ2v) is 7.29. The lowest BCUT2D eigenvalue weighted by Gasteiger charge is -2.12. The Morgan fingerprint density at radius 2 is 2.04 bits per heavy atom. The molecule has 0 heterocycles. The third-order valence-corrected chi connectivity index (χ3v) is 5.22. The molecule has 7 heteroatoms. The van der Waals surface area contributed by atoms with E-state index in [2.05, 4.69) is 16.7 Å². The highest BCUT2D eigenvalue weighted by molar-refractivity contribution is 7.99. The summed E-state index contributed by atoms with van der Waals surface area (Å²) in [7, 11) is 0. The van der Waals surface area contributed by atoms with E-state index < -0.39 is 0 Å². The van der Waals surface area contributed by atoms with Crippen LogP contribution in [-0.2, 0) is 6.54 Å². The van der Waals surface area contributed by atoms with Gasteiger partial charge in [0.05, 0.1) is 17.7 Å². The summed E-state index contributed by atoms with van der Waals surface area (Å²) < 4.78 is 0. The van der Waals surface area contributed by atoms with Crippen LogP contribution in [0.1, 0.15) is 12.5 Å². The van der Waals surface area contributed by atoms with Crippen LogP contribution in [0.2, 0.25) is 10.0 Å². The van der Waals surface area contributed by atoms with Gasteiger partial charge in [-0.2, -0.15) is 5.26 Å². The minimum Gasteiger partial charge on any atom is -0.334 e. The molecule has 2 aromatic carbocycles. The highest BCUT2D eigenvalue weighted by Crippen LogP contribution is 2.28. The summed E-state index contributed by atoms with van der Waals surface area (Å²) in [4.78, 5) is 13.1. The lowest BCUT2D eigenvalue weighted by molar-refractivity contribution is 0.251. The van der Waals surface area contributed by atoms with Gasteiger partial charge in [-0.1, -0.05) is 41.4 Å². The Morgan fingerprint density at radius 1 is 1.28 bits per heavy atom. The molecule has 0 saturated carbocycles. The average Bonchev–Trinajstić information content (AvgIpc) is 2.60. The number of nitrogens with one attached hydrogen (secondary N) is 2. The second kappa shape index (κ2) is 9.57. The number of carbonyl (C=O) groups is 1. The summed E-state index contributed by atoms with van der Waals surface area (Å²) in [5.41, 5.74) is 1.49. The number of para-hydroxylation sites is 1. The standard InChI is InChI=1S/C18H17Cl2N3OS/c1-12(9-21)11-25-17-5-3-2-4-16(17)23-18(24)22-10-13-6-7-14(19)8-15(13)20/h2-8,12H,10-11H2,1H3,(H2,22,23,24). The van der Waals surface area contributed by atoms with Crippen LogP contribution in [0.15, 0.2) is 47.4 Å². The summed E-state index contributed by atoms with van der Waals surface area (Å²) in [5, 5.41) is 15.5. The van der Waals surface area contributed by atoms with Gasteiger partial charge >= 0.3 is 6.03 Å². The number of urea groups is 1. The van der Waals surface area contributed by atoms with Crippen LogP contribution in [0.5, 0.6) is 0 Å². The second-order valence-electron chi connectivity index (χ2n) is 5.38. The van der Waals surface area contributed by atoms with Crippen molar-refractivity contribution in [1.29, 1.82) is 5.26 Å². The van der Waals surface area contributed by atoms with Crippen molar-refractivity contribution in [2.45, 2.75) is 18.4 Å². The molecule has 0 aromatic heterocycles. The predicted molar refractivity (Wildman–Crippen MR) is 104 cm³/mol. The minimum atomic E-state index is -0.326. The first-order valence-electron chi connectivity index (χ1n) is 7.60. The molecular weight excluding hydrogens is 377 g/mol. The van der Waals surface area contributed by atoms with Gasteiger partial charge in [-0.15, -0.1) is 11.8 Å². The molecule has 0 aliphatic carbocycles. The van der Waals surface area contributed by atoms with Crippen molar-refractivity contribution >= 4 is 46.7 Å². The zero-order valence-electron chi connectivity index (χ0n) is 13.6. The molecule has 25 heavy (non-hydrogen) atoms. The molecule has 0 saturated heterocycles. The maximum absolute atomic E-state index is 12.2. The molecular formula is C18H17Cl2N3OS. The van der Waals surface area contributed by atoms with Gasteiger partial charge in [0.2, 0.25) is 0 Å². The number of thioether (sulfide) groups is 1. The van der Waals surface area contributed by atoms with E-state index in [1.807, 2.05) is 31.2 Å². The van der Waals surface area contributed by atoms with Gasteiger partial charge in [-0.25, -0.2) is 4.79 Å². The Bertz CT molecular complexity index is 792. The summed E-state index contributed by atoms with van der Waals surface area (Å²) in [6.07, 6.45) is 0. The summed E-state index contributed by atoms with van der Waals surface area (Å²) in [5.74, 6) is 0.607. The van der Waals surface area contributed by atoms with Gasteiger partial charge in [0.1, 0.15) is 0 Å². The minimum absolute atomic E-state index is 0.0565. The Morgan fingerprint density at radius 3 is 2.76 bits per heavy atom. The summed E-state index contributed by atoms with van der Waals surface area (Å²) >= 11 is 13.5. The van der Waals surface area contributed by atoms with Crippen LogP contribution < -0.4 is 10.6 Å². The van der Waals surface area contributed by atoms with Gasteiger partial charge in [0, 0.05) is 27.2 Å². The molecule has 0 radical (unpaired) electrons. The lowest BCUT2D eigenvalue weighted by atomic mass is 10.2. The van der Waals surface area contributed by atoms with Crippen molar-refractivity contribution in [1.82, 2.24) is 5.32 Å². The van der Waals surface area contributed by atoms with Crippen LogP contribution in [0.4, 0.5) is 10.5 Å². The Hall–Kier alpha value is -1.87. The Kier molecular flexibility index (Phi) is 7.45. The van der Waals surface area contributed by atoms with E-state index in [9.17, 15) is 4.79 Å². The number of amides is 2. The number of hydrogen-bond donors (Lipinski definition) is 2. The van der Waals surface area contributed by atoms with E-state index in [0.717, 1.165) is 10.5 Å². The molecule has 0 spiro atoms. The third-order valence-electron chi connectivity index (χ3n) is 3.30. The molecule has 2 N–H and O–H groups in total. The SMILES string of the molecule is CC(C#N)CSc1ccccc1NC(=O)NCc1ccc(Cl)cc1Cl. The molecule has 2 aromatic rings. The normalized spacial score (nSPS) is 11.4.